The van der Waals surface area contributed by atoms with Gasteiger partial charge in [-0.2, -0.15) is 5.10 Å². The van der Waals surface area contributed by atoms with Crippen molar-refractivity contribution in [2.75, 3.05) is 11.9 Å². The number of carbonyl (C=O) groups excluding carboxylic acids is 1. The molecule has 0 saturated heterocycles. The Bertz CT molecular complexity index is 1230. The van der Waals surface area contributed by atoms with E-state index in [2.05, 4.69) is 20.1 Å². The van der Waals surface area contributed by atoms with Crippen LogP contribution in [-0.4, -0.2) is 38.3 Å². The molecule has 1 N–H and O–H groups in total. The Labute approximate surface area is 181 Å². The molecule has 0 unspecified atom stereocenters. The van der Waals surface area contributed by atoms with Crippen LogP contribution in [0.5, 0.6) is 5.75 Å². The lowest BCUT2D eigenvalue weighted by molar-refractivity contribution is -0.275. The molecule has 0 aliphatic carbocycles. The monoisotopic (exact) mass is 443 g/mol. The molecule has 2 aromatic heterocycles. The van der Waals surface area contributed by atoms with Crippen LogP contribution in [-0.2, 0) is 11.3 Å². The van der Waals surface area contributed by atoms with Crippen molar-refractivity contribution in [1.82, 2.24) is 19.5 Å². The number of alkyl halides is 3. The van der Waals surface area contributed by atoms with Crippen LogP contribution in [0.15, 0.2) is 60.4 Å². The van der Waals surface area contributed by atoms with Crippen molar-refractivity contribution in [3.63, 3.8) is 0 Å². The number of carbonyl (C=O) groups is 1. The number of rotatable bonds is 5. The smallest absolute Gasteiger partial charge is 0.405 e. The standard InChI is InChI=1S/C22H20F3N5O2/c1-14-17(18-9-10-21-27-20(26-15(2)31)13-30(21)28-18)7-5-11-29(14)12-16-6-3-4-8-19(16)32-22(23,24)25/h3-10,13H,11-12H2,1-2H3,(H,26,31). The topological polar surface area (TPSA) is 71.8 Å². The SMILES string of the molecule is CC(=O)Nc1cn2nc(C3=C(C)N(Cc4ccccc4OC(F)(F)F)CC=C3)ccc2n1. The van der Waals surface area contributed by atoms with Crippen molar-refractivity contribution in [2.45, 2.75) is 26.8 Å². The number of hydrogen-bond donors (Lipinski definition) is 1. The fourth-order valence-electron chi connectivity index (χ4n) is 3.51. The molecule has 0 spiro atoms. The summed E-state index contributed by atoms with van der Waals surface area (Å²) in [6, 6.07) is 9.71. The highest BCUT2D eigenvalue weighted by Crippen LogP contribution is 2.31. The number of nitrogens with one attached hydrogen (secondary N) is 1. The van der Waals surface area contributed by atoms with E-state index >= 15 is 0 Å². The Morgan fingerprint density at radius 3 is 2.75 bits per heavy atom. The highest BCUT2D eigenvalue weighted by atomic mass is 19.4. The van der Waals surface area contributed by atoms with E-state index in [0.717, 1.165) is 11.3 Å². The highest BCUT2D eigenvalue weighted by molar-refractivity contribution is 5.87. The first-order chi connectivity index (χ1) is 15.2. The van der Waals surface area contributed by atoms with E-state index in [9.17, 15) is 18.0 Å². The lowest BCUT2D eigenvalue weighted by Crippen LogP contribution is -2.26. The number of amides is 1. The predicted octanol–water partition coefficient (Wildman–Crippen LogP) is 4.39. The number of anilines is 1. The molecule has 1 aliphatic heterocycles. The first kappa shape index (κ1) is 21.4. The van der Waals surface area contributed by atoms with Crippen LogP contribution in [0.1, 0.15) is 25.1 Å². The van der Waals surface area contributed by atoms with Gasteiger partial charge in [-0.25, -0.2) is 9.50 Å². The van der Waals surface area contributed by atoms with E-state index in [1.165, 1.54) is 19.1 Å². The van der Waals surface area contributed by atoms with Crippen molar-refractivity contribution < 1.29 is 22.7 Å². The van der Waals surface area contributed by atoms with Gasteiger partial charge in [-0.1, -0.05) is 30.4 Å². The Kier molecular flexibility index (Phi) is 5.60. The van der Waals surface area contributed by atoms with Gasteiger partial charge in [0, 0.05) is 36.8 Å². The second kappa shape index (κ2) is 8.37. The molecule has 3 heterocycles. The van der Waals surface area contributed by atoms with Gasteiger partial charge < -0.3 is 15.0 Å². The number of fused-ring (bicyclic) bond motifs is 1. The molecule has 1 amide bonds. The Balaban J connectivity index is 1.62. The van der Waals surface area contributed by atoms with E-state index in [1.807, 2.05) is 30.0 Å². The van der Waals surface area contributed by atoms with Crippen LogP contribution in [0.4, 0.5) is 19.0 Å². The molecule has 4 rings (SSSR count). The largest absolute Gasteiger partial charge is 0.573 e. The Morgan fingerprint density at radius 1 is 1.22 bits per heavy atom. The van der Waals surface area contributed by atoms with Gasteiger partial charge in [-0.05, 0) is 25.1 Å². The molecule has 0 bridgehead atoms. The van der Waals surface area contributed by atoms with Gasteiger partial charge in [-0.15, -0.1) is 13.2 Å². The molecular formula is C22H20F3N5O2. The predicted molar refractivity (Wildman–Crippen MR) is 113 cm³/mol. The summed E-state index contributed by atoms with van der Waals surface area (Å²) in [5.74, 6) is -0.0462. The third-order valence-corrected chi connectivity index (χ3v) is 4.93. The van der Waals surface area contributed by atoms with E-state index in [0.29, 0.717) is 29.3 Å². The van der Waals surface area contributed by atoms with Gasteiger partial charge >= 0.3 is 6.36 Å². The molecule has 32 heavy (non-hydrogen) atoms. The second-order valence-electron chi connectivity index (χ2n) is 7.27. The summed E-state index contributed by atoms with van der Waals surface area (Å²) in [5, 5.41) is 7.20. The van der Waals surface area contributed by atoms with Crippen LogP contribution < -0.4 is 10.1 Å². The maximum Gasteiger partial charge on any atom is 0.573 e. The summed E-state index contributed by atoms with van der Waals surface area (Å²) in [5.41, 5.74) is 3.37. The van der Waals surface area contributed by atoms with E-state index in [4.69, 9.17) is 0 Å². The molecule has 10 heteroatoms. The fraction of sp³-hybridized carbons (Fsp3) is 0.227. The van der Waals surface area contributed by atoms with E-state index < -0.39 is 6.36 Å². The summed E-state index contributed by atoms with van der Waals surface area (Å²) in [6.45, 7) is 4.08. The van der Waals surface area contributed by atoms with Crippen LogP contribution >= 0.6 is 0 Å². The number of nitrogens with zero attached hydrogens (tertiary/aromatic N) is 4. The van der Waals surface area contributed by atoms with Gasteiger partial charge in [0.05, 0.1) is 11.9 Å². The Hall–Kier alpha value is -3.82. The number of para-hydroxylation sites is 1. The van der Waals surface area contributed by atoms with Crippen molar-refractivity contribution in [1.29, 1.82) is 0 Å². The van der Waals surface area contributed by atoms with Gasteiger partial charge in [-0.3, -0.25) is 4.79 Å². The van der Waals surface area contributed by atoms with E-state index in [-0.39, 0.29) is 18.2 Å². The molecule has 1 aromatic carbocycles. The maximum atomic E-state index is 12.8. The summed E-state index contributed by atoms with van der Waals surface area (Å²) >= 11 is 0. The lowest BCUT2D eigenvalue weighted by atomic mass is 10.0. The molecule has 1 aliphatic rings. The fourth-order valence-corrected chi connectivity index (χ4v) is 3.51. The van der Waals surface area contributed by atoms with Crippen LogP contribution in [0.3, 0.4) is 0 Å². The quantitative estimate of drug-likeness (QED) is 0.633. The van der Waals surface area contributed by atoms with Gasteiger partial charge in [0.2, 0.25) is 5.91 Å². The molecular weight excluding hydrogens is 423 g/mol. The molecule has 0 saturated carbocycles. The van der Waals surface area contributed by atoms with Gasteiger partial charge in [0.25, 0.3) is 0 Å². The maximum absolute atomic E-state index is 12.8. The molecule has 7 nitrogen and oxygen atoms in total. The minimum absolute atomic E-state index is 0.215. The number of ether oxygens (including phenoxy) is 1. The number of allylic oxidation sites excluding steroid dienone is 3. The highest BCUT2D eigenvalue weighted by Gasteiger charge is 2.32. The lowest BCUT2D eigenvalue weighted by Gasteiger charge is -2.29. The average molecular weight is 443 g/mol. The number of halogens is 3. The van der Waals surface area contributed by atoms with Gasteiger partial charge in [0.1, 0.15) is 5.75 Å². The molecule has 0 atom stereocenters. The number of imidazole rings is 1. The molecule has 0 fully saturated rings. The first-order valence-electron chi connectivity index (χ1n) is 9.80. The van der Waals surface area contributed by atoms with E-state index in [1.54, 1.807) is 28.9 Å². The molecule has 3 aromatic rings. The van der Waals surface area contributed by atoms with Crippen LogP contribution in [0.2, 0.25) is 0 Å². The van der Waals surface area contributed by atoms with Crippen molar-refractivity contribution in [2.24, 2.45) is 0 Å². The number of benzene rings is 1. The second-order valence-corrected chi connectivity index (χ2v) is 7.27. The zero-order valence-electron chi connectivity index (χ0n) is 17.3. The zero-order chi connectivity index (χ0) is 22.9. The van der Waals surface area contributed by atoms with Gasteiger partial charge in [0.15, 0.2) is 11.5 Å². The average Bonchev–Trinajstić information content (AvgIpc) is 3.10. The summed E-state index contributed by atoms with van der Waals surface area (Å²) in [6.07, 6.45) is 0.723. The third kappa shape index (κ3) is 4.74. The van der Waals surface area contributed by atoms with Crippen molar-refractivity contribution in [3.05, 3.63) is 71.7 Å². The van der Waals surface area contributed by atoms with Crippen LogP contribution in [0, 0.1) is 0 Å². The summed E-state index contributed by atoms with van der Waals surface area (Å²) < 4.78 is 44.0. The number of aromatic nitrogens is 3. The van der Waals surface area contributed by atoms with Crippen molar-refractivity contribution in [3.8, 4) is 5.75 Å². The summed E-state index contributed by atoms with van der Waals surface area (Å²) in [4.78, 5) is 17.5. The van der Waals surface area contributed by atoms with Crippen molar-refractivity contribution >= 4 is 22.9 Å². The first-order valence-corrected chi connectivity index (χ1v) is 9.80. The van der Waals surface area contributed by atoms with Crippen LogP contribution in [0.25, 0.3) is 11.2 Å². The third-order valence-electron chi connectivity index (χ3n) is 4.93. The Morgan fingerprint density at radius 2 is 2.00 bits per heavy atom. The normalized spacial score (nSPS) is 14.2. The zero-order valence-corrected chi connectivity index (χ0v) is 17.3. The number of hydrogen-bond acceptors (Lipinski definition) is 5. The minimum Gasteiger partial charge on any atom is -0.405 e. The molecule has 0 radical (unpaired) electrons. The molecule has 166 valence electrons. The minimum atomic E-state index is -4.76. The summed E-state index contributed by atoms with van der Waals surface area (Å²) in [7, 11) is 0.